The second-order valence-corrected chi connectivity index (χ2v) is 8.44. The molecule has 0 radical (unpaired) electrons. The first-order valence-corrected chi connectivity index (χ1v) is 11.1. The van der Waals surface area contributed by atoms with Crippen molar-refractivity contribution in [1.29, 1.82) is 0 Å². The fourth-order valence-corrected chi connectivity index (χ4v) is 4.57. The Morgan fingerprint density at radius 1 is 1.10 bits per heavy atom. The number of anilines is 1. The van der Waals surface area contributed by atoms with Gasteiger partial charge in [0, 0.05) is 6.20 Å². The van der Waals surface area contributed by atoms with E-state index in [0.717, 1.165) is 39.2 Å². The molecular formula is C25H25N3O2S. The molecule has 0 saturated carbocycles. The fraction of sp³-hybridized carbons (Fsp3) is 0.240. The third kappa shape index (κ3) is 4.75. The summed E-state index contributed by atoms with van der Waals surface area (Å²) >= 11 is 1.55. The molecule has 4 rings (SSSR count). The van der Waals surface area contributed by atoms with Gasteiger partial charge < -0.3 is 4.74 Å². The van der Waals surface area contributed by atoms with E-state index in [1.165, 1.54) is 5.56 Å². The summed E-state index contributed by atoms with van der Waals surface area (Å²) in [6.45, 7) is 4.50. The molecule has 2 aromatic heterocycles. The summed E-state index contributed by atoms with van der Waals surface area (Å²) in [7, 11) is 1.65. The Morgan fingerprint density at radius 3 is 2.65 bits per heavy atom. The highest BCUT2D eigenvalue weighted by Gasteiger charge is 2.21. The lowest BCUT2D eigenvalue weighted by Crippen LogP contribution is -2.32. The molecule has 31 heavy (non-hydrogen) atoms. The summed E-state index contributed by atoms with van der Waals surface area (Å²) in [5.41, 5.74) is 4.96. The van der Waals surface area contributed by atoms with E-state index in [2.05, 4.69) is 24.0 Å². The molecule has 2 aromatic carbocycles. The molecule has 0 spiro atoms. The lowest BCUT2D eigenvalue weighted by atomic mass is 10.1. The number of fused-ring (bicyclic) bond motifs is 1. The minimum atomic E-state index is -0.00927. The van der Waals surface area contributed by atoms with Gasteiger partial charge in [0.15, 0.2) is 5.13 Å². The van der Waals surface area contributed by atoms with E-state index in [0.29, 0.717) is 11.7 Å². The summed E-state index contributed by atoms with van der Waals surface area (Å²) in [5, 5.41) is 0.698. The van der Waals surface area contributed by atoms with Crippen LogP contribution in [0, 0.1) is 6.92 Å². The zero-order valence-electron chi connectivity index (χ0n) is 18.0. The molecule has 2 heterocycles. The number of ether oxygens (including phenoxy) is 1. The van der Waals surface area contributed by atoms with E-state index in [1.807, 2.05) is 49.4 Å². The second-order valence-electron chi connectivity index (χ2n) is 7.43. The zero-order valence-corrected chi connectivity index (χ0v) is 18.8. The summed E-state index contributed by atoms with van der Waals surface area (Å²) in [6, 6.07) is 17.9. The molecule has 0 aliphatic carbocycles. The second kappa shape index (κ2) is 9.27. The van der Waals surface area contributed by atoms with E-state index in [-0.39, 0.29) is 12.3 Å². The number of carbonyl (C=O) groups is 1. The first kappa shape index (κ1) is 21.0. The van der Waals surface area contributed by atoms with Crippen LogP contribution in [0.15, 0.2) is 60.8 Å². The molecule has 0 aliphatic heterocycles. The quantitative estimate of drug-likeness (QED) is 0.396. The molecule has 0 atom stereocenters. The van der Waals surface area contributed by atoms with Crippen LogP contribution in [-0.4, -0.2) is 23.0 Å². The summed E-state index contributed by atoms with van der Waals surface area (Å²) in [6.07, 6.45) is 3.00. The zero-order chi connectivity index (χ0) is 21.8. The maximum Gasteiger partial charge on any atom is 0.233 e. The number of pyridine rings is 1. The number of rotatable bonds is 7. The molecule has 0 aliphatic rings. The molecule has 0 N–H and O–H groups in total. The van der Waals surface area contributed by atoms with Crippen LogP contribution in [0.25, 0.3) is 10.2 Å². The standard InChI is InChI=1S/C25H25N3O2S/c1-4-18-8-10-21-23(14-18)31-25(27-21)28(16-20-7-5-6-12-26-20)24(29)15-19-9-11-22(30-3)17(2)13-19/h5-14H,4,15-16H2,1-3H3. The number of amides is 1. The van der Waals surface area contributed by atoms with Gasteiger partial charge >= 0.3 is 0 Å². The minimum absolute atomic E-state index is 0.00927. The smallest absolute Gasteiger partial charge is 0.233 e. The molecule has 158 valence electrons. The Bertz CT molecular complexity index is 1200. The number of aromatic nitrogens is 2. The summed E-state index contributed by atoms with van der Waals surface area (Å²) in [4.78, 5) is 24.4. The van der Waals surface area contributed by atoms with Crippen molar-refractivity contribution >= 4 is 32.6 Å². The Kier molecular flexibility index (Phi) is 6.28. The molecule has 0 fully saturated rings. The number of hydrogen-bond donors (Lipinski definition) is 0. The van der Waals surface area contributed by atoms with E-state index in [1.54, 1.807) is 29.5 Å². The van der Waals surface area contributed by atoms with Crippen molar-refractivity contribution in [2.24, 2.45) is 0 Å². The molecule has 1 amide bonds. The van der Waals surface area contributed by atoms with Crippen LogP contribution in [0.1, 0.15) is 29.3 Å². The third-order valence-electron chi connectivity index (χ3n) is 5.24. The third-order valence-corrected chi connectivity index (χ3v) is 6.28. The van der Waals surface area contributed by atoms with Crippen molar-refractivity contribution in [2.75, 3.05) is 12.0 Å². The number of nitrogens with zero attached hydrogens (tertiary/aromatic N) is 3. The Hall–Kier alpha value is -3.25. The highest BCUT2D eigenvalue weighted by Crippen LogP contribution is 2.31. The largest absolute Gasteiger partial charge is 0.496 e. The average Bonchev–Trinajstić information content (AvgIpc) is 3.21. The maximum absolute atomic E-state index is 13.4. The molecular weight excluding hydrogens is 406 g/mol. The number of carbonyl (C=O) groups excluding carboxylic acids is 1. The van der Waals surface area contributed by atoms with Crippen molar-refractivity contribution in [3.63, 3.8) is 0 Å². The van der Waals surface area contributed by atoms with Gasteiger partial charge in [0.1, 0.15) is 5.75 Å². The van der Waals surface area contributed by atoms with Crippen LogP contribution in [0.2, 0.25) is 0 Å². The average molecular weight is 432 g/mol. The lowest BCUT2D eigenvalue weighted by molar-refractivity contribution is -0.118. The Balaban J connectivity index is 1.67. The molecule has 0 bridgehead atoms. The highest BCUT2D eigenvalue weighted by molar-refractivity contribution is 7.22. The number of hydrogen-bond acceptors (Lipinski definition) is 5. The van der Waals surface area contributed by atoms with Crippen molar-refractivity contribution in [3.05, 3.63) is 83.2 Å². The van der Waals surface area contributed by atoms with Crippen LogP contribution in [-0.2, 0) is 24.2 Å². The van der Waals surface area contributed by atoms with Crippen LogP contribution in [0.3, 0.4) is 0 Å². The van der Waals surface area contributed by atoms with Gasteiger partial charge in [-0.3, -0.25) is 14.7 Å². The molecule has 0 unspecified atom stereocenters. The topological polar surface area (TPSA) is 55.3 Å². The minimum Gasteiger partial charge on any atom is -0.496 e. The SMILES string of the molecule is CCc1ccc2nc(N(Cc3ccccn3)C(=O)Cc3ccc(OC)c(C)c3)sc2c1. The van der Waals surface area contributed by atoms with E-state index in [4.69, 9.17) is 9.72 Å². The van der Waals surface area contributed by atoms with E-state index >= 15 is 0 Å². The van der Waals surface area contributed by atoms with Gasteiger partial charge in [0.2, 0.25) is 5.91 Å². The van der Waals surface area contributed by atoms with Crippen LogP contribution in [0.4, 0.5) is 5.13 Å². The summed E-state index contributed by atoms with van der Waals surface area (Å²) in [5.74, 6) is 0.810. The monoisotopic (exact) mass is 431 g/mol. The molecule has 6 heteroatoms. The van der Waals surface area contributed by atoms with Crippen LogP contribution < -0.4 is 9.64 Å². The first-order chi connectivity index (χ1) is 15.1. The van der Waals surface area contributed by atoms with E-state index < -0.39 is 0 Å². The Morgan fingerprint density at radius 2 is 1.94 bits per heavy atom. The van der Waals surface area contributed by atoms with Crippen molar-refractivity contribution in [3.8, 4) is 5.75 Å². The summed E-state index contributed by atoms with van der Waals surface area (Å²) < 4.78 is 6.43. The van der Waals surface area contributed by atoms with Gasteiger partial charge in [0.25, 0.3) is 0 Å². The predicted molar refractivity (Wildman–Crippen MR) is 126 cm³/mol. The van der Waals surface area contributed by atoms with Gasteiger partial charge in [-0.2, -0.15) is 0 Å². The lowest BCUT2D eigenvalue weighted by Gasteiger charge is -2.20. The number of thiazole rings is 1. The van der Waals surface area contributed by atoms with Crippen LogP contribution in [0.5, 0.6) is 5.75 Å². The van der Waals surface area contributed by atoms with Crippen molar-refractivity contribution < 1.29 is 9.53 Å². The van der Waals surface area contributed by atoms with Crippen molar-refractivity contribution in [1.82, 2.24) is 9.97 Å². The predicted octanol–water partition coefficient (Wildman–Crippen LogP) is 5.35. The van der Waals surface area contributed by atoms with Gasteiger partial charge in [-0.1, -0.05) is 42.5 Å². The van der Waals surface area contributed by atoms with Crippen molar-refractivity contribution in [2.45, 2.75) is 33.2 Å². The Labute approximate surface area is 186 Å². The van der Waals surface area contributed by atoms with Gasteiger partial charge in [-0.15, -0.1) is 0 Å². The molecule has 0 saturated heterocycles. The van der Waals surface area contributed by atoms with Gasteiger partial charge in [-0.25, -0.2) is 4.98 Å². The number of methoxy groups -OCH3 is 1. The molecule has 5 nitrogen and oxygen atoms in total. The van der Waals surface area contributed by atoms with E-state index in [9.17, 15) is 4.79 Å². The fourth-order valence-electron chi connectivity index (χ4n) is 3.53. The van der Waals surface area contributed by atoms with Crippen LogP contribution >= 0.6 is 11.3 Å². The molecule has 4 aromatic rings. The maximum atomic E-state index is 13.4. The first-order valence-electron chi connectivity index (χ1n) is 10.3. The number of benzene rings is 2. The van der Waals surface area contributed by atoms with Gasteiger partial charge in [-0.05, 0) is 60.4 Å². The number of aryl methyl sites for hydroxylation is 2. The van der Waals surface area contributed by atoms with Gasteiger partial charge in [0.05, 0.1) is 36.0 Å². The normalized spacial score (nSPS) is 10.9. The highest BCUT2D eigenvalue weighted by atomic mass is 32.1.